The van der Waals surface area contributed by atoms with Crippen molar-refractivity contribution in [3.8, 4) is 11.1 Å². The van der Waals surface area contributed by atoms with Gasteiger partial charge in [-0.15, -0.1) is 0 Å². The first kappa shape index (κ1) is 54.0. The number of aliphatic hydroxyl groups is 1. The minimum Gasteiger partial charge on any atom is -0.444 e. The van der Waals surface area contributed by atoms with Crippen molar-refractivity contribution in [2.24, 2.45) is 11.5 Å². The summed E-state index contributed by atoms with van der Waals surface area (Å²) < 4.78 is 53.3. The number of halogens is 5. The van der Waals surface area contributed by atoms with Crippen LogP contribution in [0.25, 0.3) is 32.9 Å². The van der Waals surface area contributed by atoms with E-state index in [1.807, 2.05) is 0 Å². The molecule has 20 nitrogen and oxygen atoms in total. The number of fused-ring (bicyclic) bond motifs is 2. The predicted octanol–water partition coefficient (Wildman–Crippen LogP) is 5.16. The summed E-state index contributed by atoms with van der Waals surface area (Å²) in [5.74, 6) is -7.29. The highest BCUT2D eigenvalue weighted by molar-refractivity contribution is 6.31. The molecule has 4 aromatic carbocycles. The number of benzene rings is 4. The van der Waals surface area contributed by atoms with Gasteiger partial charge in [-0.05, 0) is 100 Å². The molecule has 74 heavy (non-hydrogen) atoms. The van der Waals surface area contributed by atoms with Gasteiger partial charge in [-0.3, -0.25) is 43.4 Å². The molecule has 1 atom stereocenters. The van der Waals surface area contributed by atoms with Crippen molar-refractivity contribution in [1.82, 2.24) is 40.0 Å². The van der Waals surface area contributed by atoms with Crippen LogP contribution >= 0.6 is 23.2 Å². The van der Waals surface area contributed by atoms with E-state index < -0.39 is 115 Å². The van der Waals surface area contributed by atoms with Crippen LogP contribution in [-0.4, -0.2) is 113 Å². The Kier molecular flexibility index (Phi) is 16.2. The second-order valence-electron chi connectivity index (χ2n) is 18.5. The average Bonchev–Trinajstić information content (AvgIpc) is 4.02. The number of rotatable bonds is 19. The van der Waals surface area contributed by atoms with Crippen molar-refractivity contribution < 1.29 is 56.6 Å². The van der Waals surface area contributed by atoms with Crippen LogP contribution in [0.3, 0.4) is 0 Å². The summed E-state index contributed by atoms with van der Waals surface area (Å²) in [5, 5.41) is 25.8. The predicted molar refractivity (Wildman–Crippen MR) is 265 cm³/mol. The molecule has 0 bridgehead atoms. The van der Waals surface area contributed by atoms with Gasteiger partial charge in [0.15, 0.2) is 11.4 Å². The third-order valence-corrected chi connectivity index (χ3v) is 12.3. The third kappa shape index (κ3) is 12.5. The Balaban J connectivity index is 1.08. The van der Waals surface area contributed by atoms with Gasteiger partial charge < -0.3 is 41.7 Å². The van der Waals surface area contributed by atoms with Crippen molar-refractivity contribution in [3.63, 3.8) is 0 Å². The number of ether oxygens (including phenoxy) is 1. The van der Waals surface area contributed by atoms with Gasteiger partial charge in [0, 0.05) is 46.7 Å². The first-order chi connectivity index (χ1) is 34.9. The first-order valence-corrected chi connectivity index (χ1v) is 23.6. The molecule has 7 amide bonds. The lowest BCUT2D eigenvalue weighted by molar-refractivity contribution is -0.139. The number of primary amides is 2. The van der Waals surface area contributed by atoms with Gasteiger partial charge in [0.05, 0.1) is 46.8 Å². The maximum absolute atomic E-state index is 15.7. The summed E-state index contributed by atoms with van der Waals surface area (Å²) in [6.45, 7) is 3.02. The molecule has 0 aliphatic heterocycles. The van der Waals surface area contributed by atoms with Crippen molar-refractivity contribution in [2.45, 2.75) is 84.4 Å². The lowest BCUT2D eigenvalue weighted by atomic mass is 9.97. The third-order valence-electron chi connectivity index (χ3n) is 11.7. The molecular weight excluding hydrogens is 1010 g/mol. The zero-order valence-corrected chi connectivity index (χ0v) is 41.7. The van der Waals surface area contributed by atoms with Crippen molar-refractivity contribution in [1.29, 1.82) is 0 Å². The van der Waals surface area contributed by atoms with E-state index in [0.29, 0.717) is 12.8 Å². The van der Waals surface area contributed by atoms with Gasteiger partial charge >= 0.3 is 6.09 Å². The smallest absolute Gasteiger partial charge is 0.412 e. The minimum absolute atomic E-state index is 0.0263. The average molecular weight is 1060 g/mol. The largest absolute Gasteiger partial charge is 0.444 e. The fourth-order valence-electron chi connectivity index (χ4n) is 8.03. The summed E-state index contributed by atoms with van der Waals surface area (Å²) in [7, 11) is 0. The molecule has 1 aliphatic rings. The number of nitrogens with two attached hydrogens (primary N) is 2. The number of nitrogens with zero attached hydrogens (tertiary/aromatic N) is 6. The molecule has 1 fully saturated rings. The van der Waals surface area contributed by atoms with Crippen molar-refractivity contribution in [3.05, 3.63) is 111 Å². The second kappa shape index (κ2) is 22.2. The van der Waals surface area contributed by atoms with E-state index in [4.69, 9.17) is 39.4 Å². The van der Waals surface area contributed by atoms with Crippen LogP contribution in [-0.2, 0) is 50.1 Å². The summed E-state index contributed by atoms with van der Waals surface area (Å²) >= 11 is 12.2. The molecule has 25 heteroatoms. The van der Waals surface area contributed by atoms with E-state index in [1.54, 1.807) is 20.8 Å². The van der Waals surface area contributed by atoms with Crippen molar-refractivity contribution >= 4 is 92.2 Å². The van der Waals surface area contributed by atoms with Gasteiger partial charge in [-0.25, -0.2) is 18.0 Å². The molecule has 8 N–H and O–H groups in total. The molecule has 0 spiro atoms. The molecule has 2 aromatic heterocycles. The Morgan fingerprint density at radius 2 is 1.42 bits per heavy atom. The maximum atomic E-state index is 15.7. The quantitative estimate of drug-likeness (QED) is 0.0617. The lowest BCUT2D eigenvalue weighted by Gasteiger charge is -2.27. The Morgan fingerprint density at radius 3 is 2.07 bits per heavy atom. The molecule has 0 unspecified atom stereocenters. The van der Waals surface area contributed by atoms with Crippen LogP contribution in [0.2, 0.25) is 10.0 Å². The Morgan fingerprint density at radius 1 is 0.797 bits per heavy atom. The molecule has 0 saturated heterocycles. The fourth-order valence-corrected chi connectivity index (χ4v) is 8.46. The number of aliphatic hydroxyl groups excluding tert-OH is 1. The maximum Gasteiger partial charge on any atom is 0.412 e. The van der Waals surface area contributed by atoms with Crippen LogP contribution in [0.15, 0.2) is 60.7 Å². The second-order valence-corrected chi connectivity index (χ2v) is 19.3. The van der Waals surface area contributed by atoms with Crippen LogP contribution in [0.5, 0.6) is 0 Å². The van der Waals surface area contributed by atoms with Gasteiger partial charge in [-0.1, -0.05) is 35.3 Å². The SMILES string of the molecule is C[C@H](CO)N(CC(=O)NCc1cc(-c2cc(F)cc3c2c(C(N)=O)nn3CC(=O)N(CC(=O)NCc2cccc(Cl)c2F)C2CC2)cc(Cl)c1F)C(=O)Cn1nc(C(N)=O)c2cc(NC(=O)OC(C)(C)C)ccc21. The van der Waals surface area contributed by atoms with Crippen LogP contribution in [0.1, 0.15) is 72.6 Å². The number of anilines is 1. The highest BCUT2D eigenvalue weighted by atomic mass is 35.5. The molecule has 6 aromatic rings. The first-order valence-electron chi connectivity index (χ1n) is 22.9. The topological polar surface area (TPSA) is 279 Å². The summed E-state index contributed by atoms with van der Waals surface area (Å²) in [4.78, 5) is 94.3. The molecule has 390 valence electrons. The van der Waals surface area contributed by atoms with Gasteiger partial charge in [0.1, 0.15) is 36.1 Å². The normalized spacial score (nSPS) is 12.8. The van der Waals surface area contributed by atoms with Gasteiger partial charge in [-0.2, -0.15) is 10.2 Å². The standard InChI is InChI=1S/C49H50Cl2F3N11O9/c1-24(23-66)62(39(69)21-64-35-11-8-29(59-48(73)74-49(2,3)4)16-32(35)44(60-64)46(55)71)19-37(67)58-18-27-12-26(13-34(51)43(27)54)31-14-28(52)15-36-41(31)45(47(56)72)61-65(36)22-40(70)63(30-9-10-30)20-38(68)57-17-25-6-5-7-33(50)42(25)53/h5-8,11-16,24,30,66H,9-10,17-23H2,1-4H3,(H2,55,71)(H2,56,72)(H,57,68)(H,58,67)(H,59,73)/t24-/m1/s1. The Labute approximate surface area is 430 Å². The minimum atomic E-state index is -1.06. The number of hydrogen-bond donors (Lipinski definition) is 6. The zero-order chi connectivity index (χ0) is 53.9. The van der Waals surface area contributed by atoms with E-state index in [2.05, 4.69) is 26.1 Å². The van der Waals surface area contributed by atoms with Gasteiger partial charge in [0.2, 0.25) is 23.6 Å². The van der Waals surface area contributed by atoms with E-state index in [0.717, 1.165) is 27.8 Å². The highest BCUT2D eigenvalue weighted by Gasteiger charge is 2.35. The highest BCUT2D eigenvalue weighted by Crippen LogP contribution is 2.36. The van der Waals surface area contributed by atoms with E-state index >= 15 is 8.78 Å². The molecule has 7 rings (SSSR count). The summed E-state index contributed by atoms with van der Waals surface area (Å²) in [6.07, 6.45) is 0.411. The van der Waals surface area contributed by atoms with E-state index in [9.17, 15) is 43.1 Å². The lowest BCUT2D eigenvalue weighted by Crippen LogP contribution is -2.47. The number of carbonyl (C=O) groups excluding carboxylic acids is 7. The number of hydrogen-bond acceptors (Lipinski definition) is 11. The Hall–Kier alpha value is -7.76. The number of carbonyl (C=O) groups is 7. The molecule has 1 saturated carbocycles. The van der Waals surface area contributed by atoms with Crippen molar-refractivity contribution in [2.75, 3.05) is 25.0 Å². The van der Waals surface area contributed by atoms with Crippen LogP contribution in [0, 0.1) is 17.5 Å². The van der Waals surface area contributed by atoms with Gasteiger partial charge in [0.25, 0.3) is 11.8 Å². The summed E-state index contributed by atoms with van der Waals surface area (Å²) in [6, 6.07) is 11.9. The number of nitrogens with one attached hydrogen (secondary N) is 3. The fraction of sp³-hybridized carbons (Fsp3) is 0.327. The Bertz CT molecular complexity index is 3250. The molecule has 1 aliphatic carbocycles. The number of aromatic nitrogens is 4. The van der Waals surface area contributed by atoms with Crippen LogP contribution in [0.4, 0.5) is 23.7 Å². The molecular formula is C49H50Cl2F3N11O9. The van der Waals surface area contributed by atoms with E-state index in [-0.39, 0.29) is 78.7 Å². The van der Waals surface area contributed by atoms with E-state index in [1.165, 1.54) is 59.0 Å². The monoisotopic (exact) mass is 1060 g/mol. The molecule has 0 radical (unpaired) electrons. The van der Waals surface area contributed by atoms with Crippen LogP contribution < -0.4 is 27.4 Å². The zero-order valence-electron chi connectivity index (χ0n) is 40.2. The molecule has 2 heterocycles. The summed E-state index contributed by atoms with van der Waals surface area (Å²) in [5.41, 5.74) is 10.3. The number of amides is 7.